The van der Waals surface area contributed by atoms with Gasteiger partial charge in [-0.15, -0.1) is 5.10 Å². The van der Waals surface area contributed by atoms with Gasteiger partial charge in [0.25, 0.3) is 0 Å². The number of rotatable bonds is 4. The number of hydrogen-bond acceptors (Lipinski definition) is 5. The molecule has 7 nitrogen and oxygen atoms in total. The molecule has 1 aliphatic carbocycles. The topological polar surface area (TPSA) is 69.5 Å². The van der Waals surface area contributed by atoms with Gasteiger partial charge in [0.1, 0.15) is 17.7 Å². The molecule has 0 spiro atoms. The van der Waals surface area contributed by atoms with E-state index in [0.29, 0.717) is 19.8 Å². The number of benzene rings is 1. The van der Waals surface area contributed by atoms with Crippen molar-refractivity contribution in [1.29, 1.82) is 0 Å². The van der Waals surface area contributed by atoms with Crippen LogP contribution in [0.15, 0.2) is 24.5 Å². The highest BCUT2D eigenvalue weighted by atomic mass is 19.1. The van der Waals surface area contributed by atoms with Crippen LogP contribution in [0.4, 0.5) is 19.3 Å². The monoisotopic (exact) mass is 362 g/mol. The van der Waals surface area contributed by atoms with Crippen molar-refractivity contribution in [3.05, 3.63) is 41.7 Å². The first kappa shape index (κ1) is 15.7. The van der Waals surface area contributed by atoms with Crippen molar-refractivity contribution in [3.8, 4) is 0 Å². The van der Waals surface area contributed by atoms with Crippen molar-refractivity contribution in [1.82, 2.24) is 15.0 Å². The molecule has 2 aliphatic heterocycles. The lowest BCUT2D eigenvalue weighted by Gasteiger charge is -2.16. The number of amides is 1. The van der Waals surface area contributed by atoms with Crippen molar-refractivity contribution in [3.63, 3.8) is 0 Å². The van der Waals surface area contributed by atoms with Crippen LogP contribution in [-0.2, 0) is 16.0 Å². The minimum absolute atomic E-state index is 0.110. The number of anilines is 1. The first-order chi connectivity index (χ1) is 12.6. The Morgan fingerprint density at radius 3 is 2.58 bits per heavy atom. The Bertz CT molecular complexity index is 827. The van der Waals surface area contributed by atoms with E-state index in [1.807, 2.05) is 0 Å². The fourth-order valence-corrected chi connectivity index (χ4v) is 4.08. The first-order valence-corrected chi connectivity index (χ1v) is 8.51. The van der Waals surface area contributed by atoms with Crippen molar-refractivity contribution >= 4 is 11.8 Å². The normalized spacial score (nSPS) is 29.8. The molecule has 1 amide bonds. The molecule has 136 valence electrons. The maximum atomic E-state index is 14.6. The summed E-state index contributed by atoms with van der Waals surface area (Å²) in [6.07, 6.45) is 2.09. The van der Waals surface area contributed by atoms with Gasteiger partial charge in [-0.3, -0.25) is 4.90 Å². The summed E-state index contributed by atoms with van der Waals surface area (Å²) in [7, 11) is 0. The molecule has 4 atom stereocenters. The lowest BCUT2D eigenvalue weighted by atomic mass is 10.0. The Kier molecular flexibility index (Phi) is 3.46. The zero-order valence-corrected chi connectivity index (χ0v) is 13.7. The lowest BCUT2D eigenvalue weighted by Crippen LogP contribution is -2.26. The van der Waals surface area contributed by atoms with Gasteiger partial charge in [0.2, 0.25) is 0 Å². The van der Waals surface area contributed by atoms with Crippen LogP contribution >= 0.6 is 0 Å². The zero-order chi connectivity index (χ0) is 17.8. The number of hydrogen-bond donors (Lipinski definition) is 0. The average molecular weight is 362 g/mol. The third kappa shape index (κ3) is 2.45. The van der Waals surface area contributed by atoms with Crippen LogP contribution in [0.3, 0.4) is 0 Å². The maximum absolute atomic E-state index is 14.6. The summed E-state index contributed by atoms with van der Waals surface area (Å²) < 4.78 is 41.3. The van der Waals surface area contributed by atoms with Crippen LogP contribution in [0.25, 0.3) is 0 Å². The van der Waals surface area contributed by atoms with Crippen molar-refractivity contribution < 1.29 is 23.0 Å². The summed E-state index contributed by atoms with van der Waals surface area (Å²) in [6.45, 7) is 1.63. The standard InChI is InChI=1S/C17H16F2N4O3/c18-13-3-9(4-14(19)16(13)15-11-7-25-8-12(11)15)23-6-10(26-17(23)24)5-22-2-1-20-21-22/h1-4,10-12,15H,5-8H2/t10-,11-,12+,15?/m0/s1. The van der Waals surface area contributed by atoms with E-state index >= 15 is 0 Å². The lowest BCUT2D eigenvalue weighted by molar-refractivity contribution is 0.129. The number of halogens is 2. The molecule has 0 N–H and O–H groups in total. The van der Waals surface area contributed by atoms with Crippen LogP contribution in [0, 0.1) is 23.5 Å². The fourth-order valence-electron chi connectivity index (χ4n) is 4.08. The summed E-state index contributed by atoms with van der Waals surface area (Å²) >= 11 is 0. The molecule has 1 aromatic heterocycles. The van der Waals surface area contributed by atoms with Gasteiger partial charge in [-0.25, -0.2) is 18.3 Å². The van der Waals surface area contributed by atoms with Gasteiger partial charge in [0.05, 0.1) is 38.2 Å². The van der Waals surface area contributed by atoms with Crippen LogP contribution in [-0.4, -0.2) is 46.9 Å². The van der Waals surface area contributed by atoms with E-state index in [9.17, 15) is 13.6 Å². The largest absolute Gasteiger partial charge is 0.442 e. The van der Waals surface area contributed by atoms with Crippen LogP contribution < -0.4 is 4.90 Å². The van der Waals surface area contributed by atoms with E-state index in [4.69, 9.17) is 9.47 Å². The second kappa shape index (κ2) is 5.73. The highest BCUT2D eigenvalue weighted by Gasteiger charge is 2.56. The van der Waals surface area contributed by atoms with Crippen molar-refractivity contribution in [2.45, 2.75) is 18.6 Å². The highest BCUT2D eigenvalue weighted by Crippen LogP contribution is 2.58. The van der Waals surface area contributed by atoms with Crippen LogP contribution in [0.5, 0.6) is 0 Å². The number of ether oxygens (including phenoxy) is 2. The second-order valence-electron chi connectivity index (χ2n) is 6.96. The maximum Gasteiger partial charge on any atom is 0.414 e. The van der Waals surface area contributed by atoms with Gasteiger partial charge in [-0.1, -0.05) is 5.21 Å². The molecule has 26 heavy (non-hydrogen) atoms. The van der Waals surface area contributed by atoms with Gasteiger partial charge in [-0.2, -0.15) is 0 Å². The van der Waals surface area contributed by atoms with E-state index in [2.05, 4.69) is 10.3 Å². The molecule has 1 aromatic carbocycles. The molecule has 3 aliphatic rings. The predicted octanol–water partition coefficient (Wildman–Crippen LogP) is 1.94. The Hall–Kier alpha value is -2.55. The van der Waals surface area contributed by atoms with E-state index in [0.717, 1.165) is 0 Å². The summed E-state index contributed by atoms with van der Waals surface area (Å²) in [4.78, 5) is 13.4. The minimum Gasteiger partial charge on any atom is -0.442 e. The van der Waals surface area contributed by atoms with Gasteiger partial charge in [0.15, 0.2) is 0 Å². The van der Waals surface area contributed by atoms with Gasteiger partial charge in [0, 0.05) is 17.7 Å². The van der Waals surface area contributed by atoms with Crippen molar-refractivity contribution in [2.75, 3.05) is 24.7 Å². The van der Waals surface area contributed by atoms with Crippen molar-refractivity contribution in [2.24, 2.45) is 11.8 Å². The molecular formula is C17H16F2N4O3. The predicted molar refractivity (Wildman–Crippen MR) is 84.5 cm³/mol. The molecule has 0 bridgehead atoms. The molecule has 9 heteroatoms. The molecule has 1 saturated carbocycles. The molecule has 2 saturated heterocycles. The summed E-state index contributed by atoms with van der Waals surface area (Å²) in [5, 5.41) is 7.51. The van der Waals surface area contributed by atoms with Gasteiger partial charge in [-0.05, 0) is 24.0 Å². The Morgan fingerprint density at radius 2 is 1.92 bits per heavy atom. The summed E-state index contributed by atoms with van der Waals surface area (Å²) in [5.41, 5.74) is 0.274. The van der Waals surface area contributed by atoms with Crippen LogP contribution in [0.2, 0.25) is 0 Å². The summed E-state index contributed by atoms with van der Waals surface area (Å²) in [6, 6.07) is 2.43. The molecule has 1 unspecified atom stereocenters. The molecule has 2 aromatic rings. The van der Waals surface area contributed by atoms with Crippen LogP contribution in [0.1, 0.15) is 11.5 Å². The molecule has 3 heterocycles. The number of fused-ring (bicyclic) bond motifs is 1. The number of cyclic esters (lactones) is 1. The van der Waals surface area contributed by atoms with E-state index in [1.165, 1.54) is 23.2 Å². The van der Waals surface area contributed by atoms with E-state index < -0.39 is 23.8 Å². The highest BCUT2D eigenvalue weighted by molar-refractivity contribution is 5.89. The minimum atomic E-state index is -0.627. The van der Waals surface area contributed by atoms with Gasteiger partial charge < -0.3 is 9.47 Å². The van der Waals surface area contributed by atoms with E-state index in [-0.39, 0.29) is 35.5 Å². The summed E-state index contributed by atoms with van der Waals surface area (Å²) in [5.74, 6) is -0.954. The number of aromatic nitrogens is 3. The third-order valence-electron chi connectivity index (χ3n) is 5.40. The number of carbonyl (C=O) groups excluding carboxylic acids is 1. The molecule has 3 fully saturated rings. The fraction of sp³-hybridized carbons (Fsp3) is 0.471. The number of nitrogens with zero attached hydrogens (tertiary/aromatic N) is 4. The van der Waals surface area contributed by atoms with Gasteiger partial charge >= 0.3 is 6.09 Å². The quantitative estimate of drug-likeness (QED) is 0.831. The smallest absolute Gasteiger partial charge is 0.414 e. The SMILES string of the molecule is O=C1O[C@@H](Cn2ccnn2)CN1c1cc(F)c(C2[C@H]3COC[C@@H]23)c(F)c1. The zero-order valence-electron chi connectivity index (χ0n) is 13.7. The molecule has 5 rings (SSSR count). The Balaban J connectivity index is 1.36. The average Bonchev–Trinajstić information content (AvgIpc) is 3.07. The first-order valence-electron chi connectivity index (χ1n) is 8.51. The molecular weight excluding hydrogens is 346 g/mol. The Labute approximate surface area is 147 Å². The van der Waals surface area contributed by atoms with E-state index in [1.54, 1.807) is 10.9 Å². The second-order valence-corrected chi connectivity index (χ2v) is 6.96. The molecule has 0 radical (unpaired) electrons. The number of carbonyl (C=O) groups is 1. The third-order valence-corrected chi connectivity index (χ3v) is 5.40. The Morgan fingerprint density at radius 1 is 1.19 bits per heavy atom.